The van der Waals surface area contributed by atoms with Gasteiger partial charge in [0.2, 0.25) is 5.91 Å². The number of benzene rings is 2. The molecule has 0 aliphatic carbocycles. The average molecular weight is 225 g/mol. The molecular weight excluding hydrogens is 210 g/mol. The molecule has 2 aromatic carbocycles. The Morgan fingerprint density at radius 2 is 1.65 bits per heavy atom. The topological polar surface area (TPSA) is 29.1 Å². The molecule has 0 aliphatic heterocycles. The van der Waals surface area contributed by atoms with Gasteiger partial charge in [0.15, 0.2) is 0 Å². The summed E-state index contributed by atoms with van der Waals surface area (Å²) in [5.41, 5.74) is 3.06. The molecule has 0 saturated heterocycles. The molecule has 2 nitrogen and oxygen atoms in total. The predicted octanol–water partition coefficient (Wildman–Crippen LogP) is 3.18. The van der Waals surface area contributed by atoms with Crippen molar-refractivity contribution in [1.82, 2.24) is 0 Å². The predicted molar refractivity (Wildman–Crippen MR) is 70.0 cm³/mol. The highest BCUT2D eigenvalue weighted by molar-refractivity contribution is 5.92. The molecule has 1 N–H and O–H groups in total. The number of rotatable bonds is 3. The molecule has 86 valence electrons. The van der Waals surface area contributed by atoms with E-state index in [1.807, 2.05) is 61.5 Å². The van der Waals surface area contributed by atoms with Crippen molar-refractivity contribution in [2.75, 3.05) is 5.32 Å². The van der Waals surface area contributed by atoms with Crippen molar-refractivity contribution in [3.63, 3.8) is 0 Å². The van der Waals surface area contributed by atoms with Gasteiger partial charge < -0.3 is 5.32 Å². The van der Waals surface area contributed by atoms with Gasteiger partial charge in [0, 0.05) is 5.69 Å². The van der Waals surface area contributed by atoms with Crippen molar-refractivity contribution in [1.29, 1.82) is 0 Å². The second kappa shape index (κ2) is 5.30. The molecule has 0 aromatic heterocycles. The largest absolute Gasteiger partial charge is 0.326 e. The zero-order chi connectivity index (χ0) is 12.1. The molecule has 2 aromatic rings. The summed E-state index contributed by atoms with van der Waals surface area (Å²) >= 11 is 0. The Morgan fingerprint density at radius 3 is 2.29 bits per heavy atom. The summed E-state index contributed by atoms with van der Waals surface area (Å²) in [4.78, 5) is 11.8. The summed E-state index contributed by atoms with van der Waals surface area (Å²) < 4.78 is 0. The number of nitrogens with one attached hydrogen (secondary N) is 1. The third kappa shape index (κ3) is 3.45. The van der Waals surface area contributed by atoms with E-state index in [2.05, 4.69) is 5.32 Å². The molecule has 0 atom stereocenters. The highest BCUT2D eigenvalue weighted by Gasteiger charge is 2.03. The number of hydrogen-bond donors (Lipinski definition) is 1. The fraction of sp³-hybridized carbons (Fsp3) is 0.133. The van der Waals surface area contributed by atoms with Crippen LogP contribution in [0, 0.1) is 6.92 Å². The summed E-state index contributed by atoms with van der Waals surface area (Å²) in [5.74, 6) is 0.0139. The van der Waals surface area contributed by atoms with Crippen molar-refractivity contribution >= 4 is 11.6 Å². The van der Waals surface area contributed by atoms with Crippen LogP contribution in [0.25, 0.3) is 0 Å². The first-order valence-corrected chi connectivity index (χ1v) is 5.64. The van der Waals surface area contributed by atoms with Crippen LogP contribution < -0.4 is 5.32 Å². The molecule has 0 fully saturated rings. The molecule has 0 spiro atoms. The lowest BCUT2D eigenvalue weighted by atomic mass is 10.1. The van der Waals surface area contributed by atoms with Crippen LogP contribution in [0.2, 0.25) is 0 Å². The summed E-state index contributed by atoms with van der Waals surface area (Å²) in [6, 6.07) is 17.5. The van der Waals surface area contributed by atoms with E-state index in [-0.39, 0.29) is 5.91 Å². The second-order valence-corrected chi connectivity index (χ2v) is 4.08. The smallest absolute Gasteiger partial charge is 0.228 e. The number of amides is 1. The highest BCUT2D eigenvalue weighted by atomic mass is 16.1. The van der Waals surface area contributed by atoms with E-state index >= 15 is 0 Å². The van der Waals surface area contributed by atoms with Crippen molar-refractivity contribution in [2.24, 2.45) is 0 Å². The number of aryl methyl sites for hydroxylation is 1. The molecule has 0 radical (unpaired) electrons. The van der Waals surface area contributed by atoms with Gasteiger partial charge in [0.1, 0.15) is 0 Å². The molecule has 1 amide bonds. The van der Waals surface area contributed by atoms with Gasteiger partial charge in [-0.25, -0.2) is 0 Å². The quantitative estimate of drug-likeness (QED) is 0.854. The van der Waals surface area contributed by atoms with Gasteiger partial charge in [0.05, 0.1) is 6.42 Å². The van der Waals surface area contributed by atoms with E-state index in [1.54, 1.807) is 0 Å². The van der Waals surface area contributed by atoms with Gasteiger partial charge in [-0.3, -0.25) is 4.79 Å². The summed E-state index contributed by atoms with van der Waals surface area (Å²) in [6.45, 7) is 2.02. The fourth-order valence-electron chi connectivity index (χ4n) is 1.62. The molecule has 2 heteroatoms. The van der Waals surface area contributed by atoms with Crippen LogP contribution in [-0.4, -0.2) is 5.91 Å². The average Bonchev–Trinajstić information content (AvgIpc) is 2.33. The second-order valence-electron chi connectivity index (χ2n) is 4.08. The Morgan fingerprint density at radius 1 is 1.00 bits per heavy atom. The van der Waals surface area contributed by atoms with E-state index in [9.17, 15) is 4.79 Å². The highest BCUT2D eigenvalue weighted by Crippen LogP contribution is 2.09. The number of carbonyl (C=O) groups is 1. The summed E-state index contributed by atoms with van der Waals surface area (Å²) in [6.07, 6.45) is 0.411. The van der Waals surface area contributed by atoms with Crippen molar-refractivity contribution in [3.8, 4) is 0 Å². The van der Waals surface area contributed by atoms with E-state index in [0.29, 0.717) is 6.42 Å². The molecule has 2 rings (SSSR count). The lowest BCUT2D eigenvalue weighted by Crippen LogP contribution is -2.14. The Hall–Kier alpha value is -2.09. The van der Waals surface area contributed by atoms with Crippen molar-refractivity contribution < 1.29 is 4.79 Å². The molecule has 0 aliphatic rings. The van der Waals surface area contributed by atoms with Gasteiger partial charge >= 0.3 is 0 Å². The maximum absolute atomic E-state index is 11.8. The fourth-order valence-corrected chi connectivity index (χ4v) is 1.62. The first-order chi connectivity index (χ1) is 8.24. The minimum absolute atomic E-state index is 0.0139. The Bertz CT molecular complexity index is 488. The third-order valence-electron chi connectivity index (χ3n) is 2.54. The zero-order valence-electron chi connectivity index (χ0n) is 9.81. The zero-order valence-corrected chi connectivity index (χ0v) is 9.81. The maximum Gasteiger partial charge on any atom is 0.228 e. The van der Waals surface area contributed by atoms with Gasteiger partial charge in [-0.05, 0) is 24.6 Å². The first kappa shape index (κ1) is 11.4. The van der Waals surface area contributed by atoms with Gasteiger partial charge in [-0.15, -0.1) is 0 Å². The molecule has 0 unspecified atom stereocenters. The first-order valence-electron chi connectivity index (χ1n) is 5.64. The van der Waals surface area contributed by atoms with Crippen LogP contribution in [0.1, 0.15) is 11.1 Å². The molecule has 0 saturated carbocycles. The van der Waals surface area contributed by atoms with E-state index in [4.69, 9.17) is 0 Å². The molecular formula is C15H15NO. The third-order valence-corrected chi connectivity index (χ3v) is 2.54. The number of carbonyl (C=O) groups excluding carboxylic acids is 1. The molecule has 0 heterocycles. The summed E-state index contributed by atoms with van der Waals surface area (Å²) in [5, 5.41) is 2.88. The van der Waals surface area contributed by atoms with Gasteiger partial charge in [0.25, 0.3) is 0 Å². The lowest BCUT2D eigenvalue weighted by Gasteiger charge is -2.05. The van der Waals surface area contributed by atoms with E-state index in [0.717, 1.165) is 11.3 Å². The standard InChI is InChI=1S/C15H15NO/c1-12-7-9-14(10-8-12)16-15(17)11-13-5-3-2-4-6-13/h2-10H,11H2,1H3,(H,16,17). The van der Waals surface area contributed by atoms with Crippen LogP contribution in [0.3, 0.4) is 0 Å². The van der Waals surface area contributed by atoms with Crippen LogP contribution in [0.5, 0.6) is 0 Å². The SMILES string of the molecule is Cc1ccc(NC(=O)Cc2ccccc2)cc1. The van der Waals surface area contributed by atoms with Gasteiger partial charge in [-0.2, -0.15) is 0 Å². The Labute approximate surface area is 101 Å². The number of hydrogen-bond acceptors (Lipinski definition) is 1. The number of anilines is 1. The Kier molecular flexibility index (Phi) is 3.55. The Balaban J connectivity index is 1.96. The molecule has 17 heavy (non-hydrogen) atoms. The van der Waals surface area contributed by atoms with Crippen LogP contribution in [0.15, 0.2) is 54.6 Å². The lowest BCUT2D eigenvalue weighted by molar-refractivity contribution is -0.115. The van der Waals surface area contributed by atoms with Crippen LogP contribution in [0.4, 0.5) is 5.69 Å². The summed E-state index contributed by atoms with van der Waals surface area (Å²) in [7, 11) is 0. The van der Waals surface area contributed by atoms with Crippen molar-refractivity contribution in [3.05, 3.63) is 65.7 Å². The van der Waals surface area contributed by atoms with Crippen molar-refractivity contribution in [2.45, 2.75) is 13.3 Å². The minimum Gasteiger partial charge on any atom is -0.326 e. The monoisotopic (exact) mass is 225 g/mol. The van der Waals surface area contributed by atoms with Gasteiger partial charge in [-0.1, -0.05) is 48.0 Å². The van der Waals surface area contributed by atoms with Crippen LogP contribution >= 0.6 is 0 Å². The minimum atomic E-state index is 0.0139. The van der Waals surface area contributed by atoms with E-state index < -0.39 is 0 Å². The maximum atomic E-state index is 11.8. The molecule has 0 bridgehead atoms. The normalized spacial score (nSPS) is 9.94. The van der Waals surface area contributed by atoms with E-state index in [1.165, 1.54) is 5.56 Å². The van der Waals surface area contributed by atoms with Crippen LogP contribution in [-0.2, 0) is 11.2 Å².